The van der Waals surface area contributed by atoms with E-state index in [1.54, 1.807) is 0 Å². The number of Topliss-reactive ketones (excluding diaryl/α,β-unsaturated/α-hetero) is 1. The Morgan fingerprint density at radius 1 is 0.957 bits per heavy atom. The number of carbonyl (C=O) groups excluding carboxylic acids is 3. The molecule has 0 bridgehead atoms. The SMILES string of the molecule is CCCC(CCC)C(=O)N(C)[C@H]1CCC(O[C@H]2CCC[C@H](CC)OC(=O)C[C@@H]3C(=C[C@@H]4[C@H]3C=C[C@@H]3CCC[C@@H]43)C(=O)[C@@H]2C)OC1C. The van der Waals surface area contributed by atoms with Gasteiger partial charge in [-0.1, -0.05) is 65.2 Å². The molecule has 5 aliphatic rings. The fraction of sp³-hybridized carbons (Fsp3) is 0.821. The molecule has 11 atom stereocenters. The lowest BCUT2D eigenvalue weighted by molar-refractivity contribution is -0.232. The summed E-state index contributed by atoms with van der Waals surface area (Å²) < 4.78 is 19.2. The van der Waals surface area contributed by atoms with E-state index in [1.807, 2.05) is 25.8 Å². The van der Waals surface area contributed by atoms with Gasteiger partial charge in [0.05, 0.1) is 24.7 Å². The normalized spacial score (nSPS) is 38.2. The molecule has 2 aliphatic heterocycles. The van der Waals surface area contributed by atoms with Crippen molar-refractivity contribution in [2.45, 2.75) is 155 Å². The second-order valence-electron chi connectivity index (χ2n) is 15.1. The first kappa shape index (κ1) is 35.3. The van der Waals surface area contributed by atoms with Crippen molar-refractivity contribution in [1.29, 1.82) is 0 Å². The van der Waals surface area contributed by atoms with Crippen LogP contribution in [0, 0.1) is 41.4 Å². The number of nitrogens with zero attached hydrogens (tertiary/aromatic N) is 1. The summed E-state index contributed by atoms with van der Waals surface area (Å²) in [5, 5.41) is 0. The first-order valence-electron chi connectivity index (χ1n) is 18.9. The number of hydrogen-bond donors (Lipinski definition) is 0. The van der Waals surface area contributed by atoms with E-state index in [0.717, 1.165) is 56.9 Å². The van der Waals surface area contributed by atoms with Gasteiger partial charge in [-0.05, 0) is 94.0 Å². The van der Waals surface area contributed by atoms with E-state index < -0.39 is 6.29 Å². The molecule has 0 spiro atoms. The number of cyclic esters (lactones) is 1. The molecule has 1 saturated carbocycles. The van der Waals surface area contributed by atoms with Crippen LogP contribution < -0.4 is 0 Å². The molecule has 1 amide bonds. The highest BCUT2D eigenvalue weighted by Gasteiger charge is 2.49. The summed E-state index contributed by atoms with van der Waals surface area (Å²) in [7, 11) is 1.93. The highest BCUT2D eigenvalue weighted by Crippen LogP contribution is 2.53. The first-order valence-corrected chi connectivity index (χ1v) is 18.9. The summed E-state index contributed by atoms with van der Waals surface area (Å²) in [5.41, 5.74) is 0.825. The van der Waals surface area contributed by atoms with Crippen LogP contribution in [-0.2, 0) is 28.6 Å². The molecule has 2 unspecified atom stereocenters. The summed E-state index contributed by atoms with van der Waals surface area (Å²) in [6.45, 7) is 10.4. The van der Waals surface area contributed by atoms with Crippen molar-refractivity contribution in [1.82, 2.24) is 4.90 Å². The fourth-order valence-corrected chi connectivity index (χ4v) is 9.56. The summed E-state index contributed by atoms with van der Waals surface area (Å²) in [5.74, 6) is 1.45. The molecule has 3 fully saturated rings. The zero-order chi connectivity index (χ0) is 33.0. The third-order valence-electron chi connectivity index (χ3n) is 12.2. The van der Waals surface area contributed by atoms with Crippen LogP contribution in [0.3, 0.4) is 0 Å². The van der Waals surface area contributed by atoms with Crippen molar-refractivity contribution in [2.75, 3.05) is 7.05 Å². The van der Waals surface area contributed by atoms with Crippen LogP contribution in [0.1, 0.15) is 125 Å². The number of fused-ring (bicyclic) bond motifs is 5. The molecule has 0 aromatic heterocycles. The highest BCUT2D eigenvalue weighted by atomic mass is 16.7. The van der Waals surface area contributed by atoms with Crippen molar-refractivity contribution >= 4 is 17.7 Å². The Bertz CT molecular complexity index is 1130. The molecular weight excluding hydrogens is 578 g/mol. The predicted molar refractivity (Wildman–Crippen MR) is 180 cm³/mol. The van der Waals surface area contributed by atoms with E-state index in [1.165, 1.54) is 19.3 Å². The molecule has 7 nitrogen and oxygen atoms in total. The molecule has 2 heterocycles. The second-order valence-corrected chi connectivity index (χ2v) is 15.1. The Kier molecular flexibility index (Phi) is 12.2. The van der Waals surface area contributed by atoms with Crippen LogP contribution in [0.4, 0.5) is 0 Å². The van der Waals surface area contributed by atoms with Crippen LogP contribution in [0.25, 0.3) is 0 Å². The minimum atomic E-state index is -0.414. The minimum Gasteiger partial charge on any atom is -0.462 e. The lowest BCUT2D eigenvalue weighted by Crippen LogP contribution is -2.51. The quantitative estimate of drug-likeness (QED) is 0.189. The van der Waals surface area contributed by atoms with Gasteiger partial charge in [-0.15, -0.1) is 0 Å². The number of hydrogen-bond acceptors (Lipinski definition) is 6. The van der Waals surface area contributed by atoms with Gasteiger partial charge < -0.3 is 19.1 Å². The van der Waals surface area contributed by atoms with Crippen molar-refractivity contribution in [3.63, 3.8) is 0 Å². The topological polar surface area (TPSA) is 82.1 Å². The minimum absolute atomic E-state index is 0.0131. The van der Waals surface area contributed by atoms with E-state index in [0.29, 0.717) is 30.6 Å². The van der Waals surface area contributed by atoms with E-state index in [4.69, 9.17) is 14.2 Å². The van der Waals surface area contributed by atoms with Crippen molar-refractivity contribution in [3.05, 3.63) is 23.8 Å². The number of amides is 1. The maximum Gasteiger partial charge on any atom is 0.306 e. The van der Waals surface area contributed by atoms with Gasteiger partial charge >= 0.3 is 5.97 Å². The third-order valence-corrected chi connectivity index (χ3v) is 12.2. The standard InChI is InChI=1S/C39H61NO6/c1-7-12-27(13-8-2)39(43)40(6)34-20-21-37(44-25(34)5)46-35-17-11-15-28(9-3)45-36(41)23-32-30-19-18-26-14-10-16-29(26)31(30)22-33(32)38(42)24(35)4/h18-19,22,24-32,34-35,37H,7-17,20-21,23H2,1-6H3/t24-,25?,26+,28+,29-,30-,31+,32+,34+,35+,37?/m1/s1. The van der Waals surface area contributed by atoms with Crippen LogP contribution in [-0.4, -0.2) is 60.3 Å². The molecule has 5 rings (SSSR count). The number of rotatable bonds is 9. The van der Waals surface area contributed by atoms with Gasteiger partial charge in [0.1, 0.15) is 6.10 Å². The van der Waals surface area contributed by atoms with Gasteiger partial charge in [0.25, 0.3) is 0 Å². The summed E-state index contributed by atoms with van der Waals surface area (Å²) in [6, 6.07) is 0.0131. The summed E-state index contributed by atoms with van der Waals surface area (Å²) >= 11 is 0. The van der Waals surface area contributed by atoms with E-state index in [2.05, 4.69) is 39.0 Å². The highest BCUT2D eigenvalue weighted by molar-refractivity contribution is 5.99. The molecule has 0 N–H and O–H groups in total. The van der Waals surface area contributed by atoms with Crippen LogP contribution >= 0.6 is 0 Å². The third kappa shape index (κ3) is 7.66. The predicted octanol–water partition coefficient (Wildman–Crippen LogP) is 7.82. The maximum absolute atomic E-state index is 14.4. The van der Waals surface area contributed by atoms with Gasteiger partial charge in [-0.25, -0.2) is 0 Å². The number of ether oxygens (including phenoxy) is 3. The van der Waals surface area contributed by atoms with Crippen molar-refractivity contribution in [3.8, 4) is 0 Å². The van der Waals surface area contributed by atoms with E-state index in [9.17, 15) is 14.4 Å². The largest absolute Gasteiger partial charge is 0.462 e. The van der Waals surface area contributed by atoms with E-state index in [-0.39, 0.29) is 72.1 Å². The average molecular weight is 640 g/mol. The molecule has 2 saturated heterocycles. The Hall–Kier alpha value is -1.99. The molecule has 0 aromatic carbocycles. The monoisotopic (exact) mass is 639 g/mol. The number of ketones is 1. The number of allylic oxidation sites excluding steroid dienone is 4. The van der Waals surface area contributed by atoms with Crippen LogP contribution in [0.15, 0.2) is 23.8 Å². The van der Waals surface area contributed by atoms with Gasteiger partial charge in [-0.2, -0.15) is 0 Å². The van der Waals surface area contributed by atoms with Crippen molar-refractivity contribution < 1.29 is 28.6 Å². The van der Waals surface area contributed by atoms with Crippen LogP contribution in [0.5, 0.6) is 0 Å². The molecule has 46 heavy (non-hydrogen) atoms. The molecule has 0 radical (unpaired) electrons. The zero-order valence-corrected chi connectivity index (χ0v) is 29.5. The number of esters is 1. The molecule has 7 heteroatoms. The molecular formula is C39H61NO6. The Labute approximate surface area is 278 Å². The smallest absolute Gasteiger partial charge is 0.306 e. The lowest BCUT2D eigenvalue weighted by Gasteiger charge is -2.42. The second kappa shape index (κ2) is 15.9. The Balaban J connectivity index is 1.30. The van der Waals surface area contributed by atoms with Crippen LogP contribution in [0.2, 0.25) is 0 Å². The number of likely N-dealkylation sites (N-methyl/N-ethyl adjacent to an activating group) is 1. The van der Waals surface area contributed by atoms with Gasteiger partial charge in [0, 0.05) is 31.2 Å². The van der Waals surface area contributed by atoms with E-state index >= 15 is 0 Å². The lowest BCUT2D eigenvalue weighted by atomic mass is 9.70. The van der Waals surface area contributed by atoms with Gasteiger partial charge in [0.15, 0.2) is 12.1 Å². The molecule has 0 aromatic rings. The number of carbonyl (C=O) groups is 3. The first-order chi connectivity index (χ1) is 22.2. The summed E-state index contributed by atoms with van der Waals surface area (Å²) in [6.07, 6.45) is 18.3. The van der Waals surface area contributed by atoms with Gasteiger partial charge in [0.2, 0.25) is 5.91 Å². The van der Waals surface area contributed by atoms with Gasteiger partial charge in [-0.3, -0.25) is 14.4 Å². The Morgan fingerprint density at radius 2 is 1.70 bits per heavy atom. The Morgan fingerprint density at radius 3 is 2.39 bits per heavy atom. The maximum atomic E-state index is 14.4. The van der Waals surface area contributed by atoms with Crippen molar-refractivity contribution in [2.24, 2.45) is 41.4 Å². The molecule has 3 aliphatic carbocycles. The summed E-state index contributed by atoms with van der Waals surface area (Å²) in [4.78, 5) is 43.0. The zero-order valence-electron chi connectivity index (χ0n) is 29.5. The fourth-order valence-electron chi connectivity index (χ4n) is 9.56. The molecule has 258 valence electrons. The average Bonchev–Trinajstić information content (AvgIpc) is 3.67.